The lowest BCUT2D eigenvalue weighted by atomic mass is 9.97. The summed E-state index contributed by atoms with van der Waals surface area (Å²) in [6.45, 7) is 3.57. The molecule has 2 aromatic rings. The molecule has 0 spiro atoms. The van der Waals surface area contributed by atoms with Crippen LogP contribution in [0.5, 0.6) is 0 Å². The molecule has 3 nitrogen and oxygen atoms in total. The molecule has 0 bridgehead atoms. The molecule has 2 rings (SSSR count). The molecule has 0 amide bonds. The van der Waals surface area contributed by atoms with E-state index in [2.05, 4.69) is 9.59 Å². The standard InChI is InChI=1S/C13H14F3N3S/c1-3-10-12(20-19-18-10)11(17)9-5-4-8(6-7(9)2)13(14,15)16/h4-6,11H,3,17H2,1-2H3. The van der Waals surface area contributed by atoms with E-state index in [1.165, 1.54) is 17.6 Å². The molecule has 0 aliphatic carbocycles. The van der Waals surface area contributed by atoms with E-state index in [1.807, 2.05) is 6.92 Å². The minimum atomic E-state index is -4.34. The Kier molecular flexibility index (Phi) is 4.10. The molecule has 108 valence electrons. The summed E-state index contributed by atoms with van der Waals surface area (Å²) < 4.78 is 41.8. The molecule has 0 saturated heterocycles. The molecule has 1 aromatic carbocycles. The van der Waals surface area contributed by atoms with Crippen LogP contribution in [0.4, 0.5) is 13.2 Å². The van der Waals surface area contributed by atoms with Crippen LogP contribution in [0.3, 0.4) is 0 Å². The average Bonchev–Trinajstić information content (AvgIpc) is 2.85. The van der Waals surface area contributed by atoms with Crippen LogP contribution in [0.15, 0.2) is 18.2 Å². The summed E-state index contributed by atoms with van der Waals surface area (Å²) in [6, 6.07) is 3.12. The monoisotopic (exact) mass is 301 g/mol. The number of alkyl halides is 3. The van der Waals surface area contributed by atoms with Crippen LogP contribution >= 0.6 is 11.5 Å². The molecule has 0 aliphatic rings. The highest BCUT2D eigenvalue weighted by Crippen LogP contribution is 2.33. The van der Waals surface area contributed by atoms with Crippen LogP contribution < -0.4 is 5.73 Å². The lowest BCUT2D eigenvalue weighted by Gasteiger charge is -2.16. The summed E-state index contributed by atoms with van der Waals surface area (Å²) in [7, 11) is 0. The smallest absolute Gasteiger partial charge is 0.319 e. The zero-order valence-corrected chi connectivity index (χ0v) is 11.8. The molecule has 0 radical (unpaired) electrons. The van der Waals surface area contributed by atoms with E-state index >= 15 is 0 Å². The summed E-state index contributed by atoms with van der Waals surface area (Å²) in [5.41, 5.74) is 7.46. The van der Waals surface area contributed by atoms with Crippen LogP contribution in [0.25, 0.3) is 0 Å². The highest BCUT2D eigenvalue weighted by molar-refractivity contribution is 7.05. The van der Waals surface area contributed by atoms with Gasteiger partial charge in [-0.05, 0) is 48.1 Å². The number of hydrogen-bond acceptors (Lipinski definition) is 4. The predicted octanol–water partition coefficient (Wildman–Crippen LogP) is 3.48. The van der Waals surface area contributed by atoms with Crippen molar-refractivity contribution >= 4 is 11.5 Å². The number of aryl methyl sites for hydroxylation is 2. The lowest BCUT2D eigenvalue weighted by molar-refractivity contribution is -0.137. The number of rotatable bonds is 3. The second-order valence-electron chi connectivity index (χ2n) is 4.48. The summed E-state index contributed by atoms with van der Waals surface area (Å²) in [4.78, 5) is 0.801. The number of benzene rings is 1. The Labute approximate surface area is 118 Å². The topological polar surface area (TPSA) is 51.8 Å². The summed E-state index contributed by atoms with van der Waals surface area (Å²) in [5, 5.41) is 3.98. The first-order valence-corrected chi connectivity index (χ1v) is 6.86. The fraction of sp³-hybridized carbons (Fsp3) is 0.385. The Morgan fingerprint density at radius 1 is 1.35 bits per heavy atom. The number of hydrogen-bond donors (Lipinski definition) is 1. The van der Waals surface area contributed by atoms with Gasteiger partial charge in [0.2, 0.25) is 0 Å². The van der Waals surface area contributed by atoms with Crippen molar-refractivity contribution in [3.63, 3.8) is 0 Å². The van der Waals surface area contributed by atoms with Crippen LogP contribution in [0, 0.1) is 6.92 Å². The third-order valence-corrected chi connectivity index (χ3v) is 3.98. The second-order valence-corrected chi connectivity index (χ2v) is 5.27. The molecule has 1 aromatic heterocycles. The quantitative estimate of drug-likeness (QED) is 0.944. The van der Waals surface area contributed by atoms with E-state index in [0.29, 0.717) is 17.5 Å². The SMILES string of the molecule is CCc1nnsc1C(N)c1ccc(C(F)(F)F)cc1C. The average molecular weight is 301 g/mol. The van der Waals surface area contributed by atoms with E-state index < -0.39 is 17.8 Å². The van der Waals surface area contributed by atoms with Gasteiger partial charge in [-0.3, -0.25) is 0 Å². The third kappa shape index (κ3) is 2.83. The van der Waals surface area contributed by atoms with Crippen molar-refractivity contribution in [1.82, 2.24) is 9.59 Å². The number of aromatic nitrogens is 2. The van der Waals surface area contributed by atoms with Gasteiger partial charge in [-0.2, -0.15) is 13.2 Å². The van der Waals surface area contributed by atoms with Crippen molar-refractivity contribution in [3.05, 3.63) is 45.5 Å². The van der Waals surface area contributed by atoms with Crippen LogP contribution in [0.2, 0.25) is 0 Å². The maximum Gasteiger partial charge on any atom is 0.416 e. The first-order chi connectivity index (χ1) is 9.34. The normalized spacial score (nSPS) is 13.5. The van der Waals surface area contributed by atoms with Gasteiger partial charge in [-0.1, -0.05) is 17.5 Å². The van der Waals surface area contributed by atoms with Crippen molar-refractivity contribution in [2.75, 3.05) is 0 Å². The van der Waals surface area contributed by atoms with E-state index in [1.54, 1.807) is 6.92 Å². The van der Waals surface area contributed by atoms with Gasteiger partial charge in [0.15, 0.2) is 0 Å². The zero-order valence-electron chi connectivity index (χ0n) is 11.0. The van der Waals surface area contributed by atoms with Gasteiger partial charge in [-0.25, -0.2) is 0 Å². The molecule has 7 heteroatoms. The van der Waals surface area contributed by atoms with Crippen molar-refractivity contribution in [1.29, 1.82) is 0 Å². The third-order valence-electron chi connectivity index (χ3n) is 3.13. The fourth-order valence-corrected chi connectivity index (χ4v) is 2.80. The highest BCUT2D eigenvalue weighted by Gasteiger charge is 2.31. The number of halogens is 3. The van der Waals surface area contributed by atoms with Gasteiger partial charge >= 0.3 is 6.18 Å². The minimum absolute atomic E-state index is 0.493. The molecule has 0 saturated carbocycles. The lowest BCUT2D eigenvalue weighted by Crippen LogP contribution is -2.15. The zero-order chi connectivity index (χ0) is 14.9. The Balaban J connectivity index is 2.39. The summed E-state index contributed by atoms with van der Waals surface area (Å²) in [6.07, 6.45) is -3.65. The van der Waals surface area contributed by atoms with E-state index in [-0.39, 0.29) is 0 Å². The molecular weight excluding hydrogens is 287 g/mol. The van der Waals surface area contributed by atoms with Crippen molar-refractivity contribution in [3.8, 4) is 0 Å². The van der Waals surface area contributed by atoms with Crippen molar-refractivity contribution in [2.24, 2.45) is 5.73 Å². The molecule has 1 heterocycles. The minimum Gasteiger partial charge on any atom is -0.319 e. The summed E-state index contributed by atoms with van der Waals surface area (Å²) >= 11 is 1.19. The van der Waals surface area contributed by atoms with E-state index in [4.69, 9.17) is 5.73 Å². The number of nitrogens with two attached hydrogens (primary N) is 1. The van der Waals surface area contributed by atoms with Crippen LogP contribution in [-0.4, -0.2) is 9.59 Å². The van der Waals surface area contributed by atoms with Gasteiger partial charge in [0.05, 0.1) is 22.2 Å². The first kappa shape index (κ1) is 14.9. The molecular formula is C13H14F3N3S. The second kappa shape index (κ2) is 5.49. The Hall–Kier alpha value is -1.47. The van der Waals surface area contributed by atoms with E-state index in [0.717, 1.165) is 22.7 Å². The molecule has 1 atom stereocenters. The van der Waals surface area contributed by atoms with E-state index in [9.17, 15) is 13.2 Å². The maximum absolute atomic E-state index is 12.6. The fourth-order valence-electron chi connectivity index (χ4n) is 2.04. The molecule has 0 fully saturated rings. The molecule has 1 unspecified atom stereocenters. The largest absolute Gasteiger partial charge is 0.416 e. The highest BCUT2D eigenvalue weighted by atomic mass is 32.1. The van der Waals surface area contributed by atoms with Gasteiger partial charge in [0.1, 0.15) is 0 Å². The van der Waals surface area contributed by atoms with Crippen molar-refractivity contribution < 1.29 is 13.2 Å². The molecule has 2 N–H and O–H groups in total. The first-order valence-electron chi connectivity index (χ1n) is 6.09. The van der Waals surface area contributed by atoms with Crippen LogP contribution in [0.1, 0.15) is 40.2 Å². The van der Waals surface area contributed by atoms with Crippen molar-refractivity contribution in [2.45, 2.75) is 32.5 Å². The number of nitrogens with zero attached hydrogens (tertiary/aromatic N) is 2. The van der Waals surface area contributed by atoms with Gasteiger partial charge in [0, 0.05) is 0 Å². The van der Waals surface area contributed by atoms with Gasteiger partial charge < -0.3 is 5.73 Å². The molecule has 0 aliphatic heterocycles. The Morgan fingerprint density at radius 3 is 2.60 bits per heavy atom. The molecule has 20 heavy (non-hydrogen) atoms. The Morgan fingerprint density at radius 2 is 2.05 bits per heavy atom. The predicted molar refractivity (Wildman–Crippen MR) is 71.5 cm³/mol. The summed E-state index contributed by atoms with van der Waals surface area (Å²) in [5.74, 6) is 0. The van der Waals surface area contributed by atoms with Gasteiger partial charge in [0.25, 0.3) is 0 Å². The van der Waals surface area contributed by atoms with Crippen LogP contribution in [-0.2, 0) is 12.6 Å². The Bertz CT molecular complexity index is 607. The maximum atomic E-state index is 12.6. The van der Waals surface area contributed by atoms with Gasteiger partial charge in [-0.15, -0.1) is 5.10 Å².